The zero-order chi connectivity index (χ0) is 17.1. The number of anilines is 1. The first kappa shape index (κ1) is 16.0. The number of carboxylic acids is 1. The smallest absolute Gasteiger partial charge is 0.412 e. The molecule has 0 spiro atoms. The molecule has 0 saturated heterocycles. The maximum absolute atomic E-state index is 13.7. The van der Waals surface area contributed by atoms with Crippen molar-refractivity contribution in [1.82, 2.24) is 0 Å². The van der Waals surface area contributed by atoms with Crippen molar-refractivity contribution in [3.63, 3.8) is 0 Å². The lowest BCUT2D eigenvalue weighted by Crippen LogP contribution is -2.14. The maximum atomic E-state index is 13.7. The fourth-order valence-corrected chi connectivity index (χ4v) is 2.35. The normalized spacial score (nSPS) is 13.4. The van der Waals surface area contributed by atoms with Gasteiger partial charge in [-0.3, -0.25) is 5.32 Å². The molecular formula is C18H16FNO4. The first-order valence-electron chi connectivity index (χ1n) is 7.58. The van der Waals surface area contributed by atoms with Gasteiger partial charge in [0.1, 0.15) is 12.4 Å². The lowest BCUT2D eigenvalue weighted by Gasteiger charge is -2.09. The highest BCUT2D eigenvalue weighted by Gasteiger charge is 2.22. The van der Waals surface area contributed by atoms with Gasteiger partial charge in [0.2, 0.25) is 0 Å². The van der Waals surface area contributed by atoms with Crippen molar-refractivity contribution in [1.29, 1.82) is 0 Å². The number of ether oxygens (including phenoxy) is 1. The Morgan fingerprint density at radius 2 is 1.88 bits per heavy atom. The number of carbonyl (C=O) groups is 2. The van der Waals surface area contributed by atoms with Crippen molar-refractivity contribution in [3.05, 3.63) is 65.0 Å². The van der Waals surface area contributed by atoms with Gasteiger partial charge in [-0.2, -0.15) is 0 Å². The Bertz CT molecular complexity index is 769. The molecule has 2 aromatic rings. The lowest BCUT2D eigenvalue weighted by molar-refractivity contribution is 0.0696. The topological polar surface area (TPSA) is 75.6 Å². The van der Waals surface area contributed by atoms with E-state index in [0.717, 1.165) is 11.6 Å². The minimum absolute atomic E-state index is 0.0750. The summed E-state index contributed by atoms with van der Waals surface area (Å²) in [6.07, 6.45) is 1.65. The van der Waals surface area contributed by atoms with Gasteiger partial charge in [-0.25, -0.2) is 14.0 Å². The number of rotatable bonds is 5. The van der Waals surface area contributed by atoms with Crippen molar-refractivity contribution in [2.75, 3.05) is 5.32 Å². The third-order valence-corrected chi connectivity index (χ3v) is 3.85. The van der Waals surface area contributed by atoms with Crippen LogP contribution in [0.4, 0.5) is 14.9 Å². The van der Waals surface area contributed by atoms with Gasteiger partial charge < -0.3 is 9.84 Å². The summed E-state index contributed by atoms with van der Waals surface area (Å²) in [7, 11) is 0. The lowest BCUT2D eigenvalue weighted by atomic mass is 10.1. The fraction of sp³-hybridized carbons (Fsp3) is 0.222. The molecule has 124 valence electrons. The standard InChI is InChI=1S/C18H16FNO4/c19-15-9-14(17(21)22)7-8-16(15)20-18(23)24-10-11-1-3-12(4-2-11)13-5-6-13/h1-4,7-9,13H,5-6,10H2,(H,20,23)(H,21,22). The van der Waals surface area contributed by atoms with E-state index in [-0.39, 0.29) is 17.9 Å². The number of nitrogens with one attached hydrogen (secondary N) is 1. The highest BCUT2D eigenvalue weighted by molar-refractivity contribution is 5.89. The monoisotopic (exact) mass is 329 g/mol. The molecule has 5 nitrogen and oxygen atoms in total. The number of carbonyl (C=O) groups excluding carboxylic acids is 1. The number of aromatic carboxylic acids is 1. The second kappa shape index (κ2) is 6.70. The molecule has 0 unspecified atom stereocenters. The molecule has 0 radical (unpaired) electrons. The SMILES string of the molecule is O=C(Nc1ccc(C(=O)O)cc1F)OCc1ccc(C2CC2)cc1. The molecule has 3 rings (SSSR count). The van der Waals surface area contributed by atoms with E-state index in [9.17, 15) is 14.0 Å². The van der Waals surface area contributed by atoms with Crippen LogP contribution in [0.3, 0.4) is 0 Å². The van der Waals surface area contributed by atoms with Crippen LogP contribution in [0.1, 0.15) is 40.2 Å². The van der Waals surface area contributed by atoms with Crippen molar-refractivity contribution < 1.29 is 23.8 Å². The van der Waals surface area contributed by atoms with Crippen LogP contribution in [-0.2, 0) is 11.3 Å². The predicted molar refractivity (Wildman–Crippen MR) is 85.6 cm³/mol. The Balaban J connectivity index is 1.54. The van der Waals surface area contributed by atoms with E-state index in [0.29, 0.717) is 5.92 Å². The molecule has 2 aromatic carbocycles. The van der Waals surface area contributed by atoms with Gasteiger partial charge in [0.05, 0.1) is 11.3 Å². The molecular weight excluding hydrogens is 313 g/mol. The molecule has 1 amide bonds. The molecule has 2 N–H and O–H groups in total. The summed E-state index contributed by atoms with van der Waals surface area (Å²) in [4.78, 5) is 22.5. The van der Waals surface area contributed by atoms with E-state index in [1.54, 1.807) is 0 Å². The third kappa shape index (κ3) is 3.90. The molecule has 0 bridgehead atoms. The Morgan fingerprint density at radius 1 is 1.17 bits per heavy atom. The van der Waals surface area contributed by atoms with Crippen LogP contribution >= 0.6 is 0 Å². The summed E-state index contributed by atoms with van der Waals surface area (Å²) < 4.78 is 18.8. The molecule has 0 heterocycles. The van der Waals surface area contributed by atoms with Gasteiger partial charge >= 0.3 is 12.1 Å². The van der Waals surface area contributed by atoms with Crippen LogP contribution in [0.25, 0.3) is 0 Å². The predicted octanol–water partition coefficient (Wildman–Crippen LogP) is 4.15. The van der Waals surface area contributed by atoms with Crippen LogP contribution in [0, 0.1) is 5.82 Å². The maximum Gasteiger partial charge on any atom is 0.412 e. The highest BCUT2D eigenvalue weighted by atomic mass is 19.1. The van der Waals surface area contributed by atoms with Crippen LogP contribution < -0.4 is 5.32 Å². The van der Waals surface area contributed by atoms with Crippen molar-refractivity contribution in [2.45, 2.75) is 25.4 Å². The van der Waals surface area contributed by atoms with Gasteiger partial charge in [0.15, 0.2) is 0 Å². The Morgan fingerprint density at radius 3 is 2.46 bits per heavy atom. The fourth-order valence-electron chi connectivity index (χ4n) is 2.35. The van der Waals surface area contributed by atoms with E-state index < -0.39 is 17.9 Å². The first-order valence-corrected chi connectivity index (χ1v) is 7.58. The van der Waals surface area contributed by atoms with E-state index in [1.807, 2.05) is 24.3 Å². The van der Waals surface area contributed by atoms with Gasteiger partial charge in [0.25, 0.3) is 0 Å². The number of carboxylic acid groups (broad SMARTS) is 1. The van der Waals surface area contributed by atoms with Crippen molar-refractivity contribution >= 4 is 17.7 Å². The molecule has 1 aliphatic carbocycles. The second-order valence-corrected chi connectivity index (χ2v) is 5.72. The molecule has 0 aliphatic heterocycles. The number of halogens is 1. The van der Waals surface area contributed by atoms with Gasteiger partial charge in [0, 0.05) is 0 Å². The Hall–Kier alpha value is -2.89. The third-order valence-electron chi connectivity index (χ3n) is 3.85. The summed E-state index contributed by atoms with van der Waals surface area (Å²) in [6, 6.07) is 11.1. The number of hydrogen-bond donors (Lipinski definition) is 2. The van der Waals surface area contributed by atoms with E-state index in [1.165, 1.54) is 30.5 Å². The highest BCUT2D eigenvalue weighted by Crippen LogP contribution is 2.39. The van der Waals surface area contributed by atoms with E-state index in [2.05, 4.69) is 5.32 Å². The molecule has 24 heavy (non-hydrogen) atoms. The zero-order valence-electron chi connectivity index (χ0n) is 12.8. The summed E-state index contributed by atoms with van der Waals surface area (Å²) >= 11 is 0. The number of benzene rings is 2. The minimum Gasteiger partial charge on any atom is -0.478 e. The molecule has 1 saturated carbocycles. The Labute approximate surface area is 138 Å². The molecule has 0 atom stereocenters. The molecule has 1 fully saturated rings. The van der Waals surface area contributed by atoms with Crippen LogP contribution in [0.5, 0.6) is 0 Å². The van der Waals surface area contributed by atoms with Crippen LogP contribution in [0.2, 0.25) is 0 Å². The van der Waals surface area contributed by atoms with Crippen molar-refractivity contribution in [2.24, 2.45) is 0 Å². The number of hydrogen-bond acceptors (Lipinski definition) is 3. The van der Waals surface area contributed by atoms with Gasteiger partial charge in [-0.15, -0.1) is 0 Å². The summed E-state index contributed by atoms with van der Waals surface area (Å²) in [5, 5.41) is 11.0. The Kier molecular flexibility index (Phi) is 4.46. The van der Waals surface area contributed by atoms with Crippen LogP contribution in [0.15, 0.2) is 42.5 Å². The van der Waals surface area contributed by atoms with Crippen molar-refractivity contribution in [3.8, 4) is 0 Å². The quantitative estimate of drug-likeness (QED) is 0.864. The zero-order valence-corrected chi connectivity index (χ0v) is 12.8. The average molecular weight is 329 g/mol. The van der Waals surface area contributed by atoms with Crippen LogP contribution in [-0.4, -0.2) is 17.2 Å². The minimum atomic E-state index is -1.24. The summed E-state index contributed by atoms with van der Waals surface area (Å²) in [5.41, 5.74) is 1.82. The second-order valence-electron chi connectivity index (χ2n) is 5.72. The van der Waals surface area contributed by atoms with E-state index >= 15 is 0 Å². The molecule has 1 aliphatic rings. The summed E-state index contributed by atoms with van der Waals surface area (Å²) in [6.45, 7) is 0.0750. The van der Waals surface area contributed by atoms with Gasteiger partial charge in [-0.05, 0) is 48.1 Å². The van der Waals surface area contributed by atoms with Gasteiger partial charge in [-0.1, -0.05) is 24.3 Å². The average Bonchev–Trinajstić information content (AvgIpc) is 3.40. The molecule has 0 aromatic heterocycles. The van der Waals surface area contributed by atoms with E-state index in [4.69, 9.17) is 9.84 Å². The molecule has 6 heteroatoms. The largest absolute Gasteiger partial charge is 0.478 e. The number of amides is 1. The first-order chi connectivity index (χ1) is 11.5. The summed E-state index contributed by atoms with van der Waals surface area (Å²) in [5.74, 6) is -1.40.